The van der Waals surface area contributed by atoms with Crippen molar-refractivity contribution in [2.24, 2.45) is 5.92 Å². The monoisotopic (exact) mass is 532 g/mol. The second-order valence-electron chi connectivity index (χ2n) is 10.5. The quantitative estimate of drug-likeness (QED) is 0.333. The van der Waals surface area contributed by atoms with E-state index in [-0.39, 0.29) is 54.4 Å². The highest BCUT2D eigenvalue weighted by molar-refractivity contribution is 5.90. The van der Waals surface area contributed by atoms with Crippen molar-refractivity contribution in [2.45, 2.75) is 78.6 Å². The highest BCUT2D eigenvalue weighted by Crippen LogP contribution is 2.42. The molecule has 5 rings (SSSR count). The summed E-state index contributed by atoms with van der Waals surface area (Å²) in [4.78, 5) is 56.6. The summed E-state index contributed by atoms with van der Waals surface area (Å²) in [6.07, 6.45) is 1.27. The number of esters is 2. The van der Waals surface area contributed by atoms with E-state index in [4.69, 9.17) is 14.5 Å². The van der Waals surface area contributed by atoms with Gasteiger partial charge in [0, 0.05) is 35.3 Å². The van der Waals surface area contributed by atoms with Crippen LogP contribution in [0.25, 0.3) is 22.3 Å². The van der Waals surface area contributed by atoms with E-state index in [0.29, 0.717) is 41.9 Å². The number of ether oxygens (including phenoxy) is 2. The largest absolute Gasteiger partial charge is 0.508 e. The summed E-state index contributed by atoms with van der Waals surface area (Å²) in [5, 5.41) is 10.9. The molecule has 2 aliphatic heterocycles. The van der Waals surface area contributed by atoms with Crippen LogP contribution < -0.4 is 5.56 Å². The normalized spacial score (nSPS) is 17.5. The molecule has 39 heavy (non-hydrogen) atoms. The van der Waals surface area contributed by atoms with Crippen molar-refractivity contribution in [1.29, 1.82) is 0 Å². The minimum Gasteiger partial charge on any atom is -0.508 e. The fraction of sp³-hybridized carbons (Fsp3) is 0.433. The van der Waals surface area contributed by atoms with Crippen LogP contribution in [0.1, 0.15) is 75.6 Å². The molecule has 0 saturated heterocycles. The van der Waals surface area contributed by atoms with Gasteiger partial charge in [0.25, 0.3) is 5.56 Å². The first-order valence-electron chi connectivity index (χ1n) is 13.4. The number of aryl methyl sites for hydroxylation is 1. The molecule has 1 aromatic carbocycles. The third kappa shape index (κ3) is 4.30. The second kappa shape index (κ2) is 9.94. The number of cyclic esters (lactones) is 1. The number of pyridine rings is 2. The molecule has 0 saturated carbocycles. The standard InChI is InChI=1S/C30H32N2O7/c1-5-18-19-12-17(33)10-11-23(19)31-27-20(18)14-32-24(27)13-22-21(28(32)36)15-38-29(37)30(22,6-2)39-26(35)9-7-8-25(34)16(3)4/h10-13,16,33H,5-9,14-15H2,1-4H3/t30-/m0/s1. The van der Waals surface area contributed by atoms with Gasteiger partial charge >= 0.3 is 11.9 Å². The Morgan fingerprint density at radius 3 is 2.62 bits per heavy atom. The SMILES string of the molecule is CCc1c2c(nc3ccc(O)cc13)-c1cc3c(c(=O)n1C2)COC(=O)[C@@]3(CC)OC(=O)CCCC(=O)C(C)C. The fourth-order valence-corrected chi connectivity index (χ4v) is 5.65. The number of benzene rings is 1. The molecule has 0 radical (unpaired) electrons. The number of nitrogens with zero attached hydrogens (tertiary/aromatic N) is 2. The molecular weight excluding hydrogens is 500 g/mol. The van der Waals surface area contributed by atoms with E-state index in [2.05, 4.69) is 0 Å². The van der Waals surface area contributed by atoms with E-state index >= 15 is 0 Å². The first-order chi connectivity index (χ1) is 18.6. The Hall–Kier alpha value is -4.01. The number of Topliss-reactive ketones (excluding diaryl/α,β-unsaturated/α-hetero) is 1. The van der Waals surface area contributed by atoms with Crippen molar-refractivity contribution >= 4 is 28.6 Å². The van der Waals surface area contributed by atoms with Crippen LogP contribution in [-0.2, 0) is 49.0 Å². The number of hydrogen-bond donors (Lipinski definition) is 1. The van der Waals surface area contributed by atoms with Gasteiger partial charge in [-0.25, -0.2) is 9.78 Å². The van der Waals surface area contributed by atoms with Gasteiger partial charge in [-0.15, -0.1) is 0 Å². The van der Waals surface area contributed by atoms with E-state index in [1.807, 2.05) is 20.8 Å². The number of aromatic hydroxyl groups is 1. The molecule has 0 amide bonds. The number of rotatable bonds is 8. The van der Waals surface area contributed by atoms with Crippen molar-refractivity contribution < 1.29 is 29.0 Å². The van der Waals surface area contributed by atoms with Crippen molar-refractivity contribution in [3.63, 3.8) is 0 Å². The molecule has 9 heteroatoms. The minimum atomic E-state index is -1.76. The Balaban J connectivity index is 1.58. The van der Waals surface area contributed by atoms with Gasteiger partial charge in [0.15, 0.2) is 0 Å². The molecular formula is C30H32N2O7. The molecule has 0 spiro atoms. The Labute approximate surface area is 225 Å². The molecule has 0 aliphatic carbocycles. The van der Waals surface area contributed by atoms with Crippen molar-refractivity contribution in [3.8, 4) is 17.1 Å². The fourth-order valence-electron chi connectivity index (χ4n) is 5.65. The summed E-state index contributed by atoms with van der Waals surface area (Å²) < 4.78 is 12.8. The summed E-state index contributed by atoms with van der Waals surface area (Å²) in [5.74, 6) is -1.27. The zero-order chi connectivity index (χ0) is 28.1. The highest BCUT2D eigenvalue weighted by Gasteiger charge is 2.50. The molecule has 2 aromatic heterocycles. The molecule has 0 bridgehead atoms. The summed E-state index contributed by atoms with van der Waals surface area (Å²) in [6.45, 7) is 7.42. The van der Waals surface area contributed by atoms with E-state index in [1.165, 1.54) is 0 Å². The number of ketones is 1. The lowest BCUT2D eigenvalue weighted by molar-refractivity contribution is -0.189. The molecule has 3 aromatic rings. The number of carbonyl (C=O) groups is 3. The van der Waals surface area contributed by atoms with Gasteiger partial charge in [-0.3, -0.25) is 14.4 Å². The lowest BCUT2D eigenvalue weighted by atomic mass is 9.85. The van der Waals surface area contributed by atoms with Gasteiger partial charge < -0.3 is 19.1 Å². The van der Waals surface area contributed by atoms with Crippen LogP contribution in [0.2, 0.25) is 0 Å². The zero-order valence-electron chi connectivity index (χ0n) is 22.6. The van der Waals surface area contributed by atoms with Crippen LogP contribution in [0.3, 0.4) is 0 Å². The van der Waals surface area contributed by atoms with Crippen LogP contribution in [0, 0.1) is 5.92 Å². The van der Waals surface area contributed by atoms with Crippen molar-refractivity contribution in [2.75, 3.05) is 0 Å². The highest BCUT2D eigenvalue weighted by atomic mass is 16.6. The van der Waals surface area contributed by atoms with Crippen LogP contribution in [0.4, 0.5) is 0 Å². The number of aromatic nitrogens is 2. The number of hydrogen-bond acceptors (Lipinski definition) is 8. The summed E-state index contributed by atoms with van der Waals surface area (Å²) >= 11 is 0. The average Bonchev–Trinajstić information content (AvgIpc) is 3.27. The lowest BCUT2D eigenvalue weighted by Gasteiger charge is -2.35. The first kappa shape index (κ1) is 26.6. The smallest absolute Gasteiger partial charge is 0.355 e. The van der Waals surface area contributed by atoms with Gasteiger partial charge in [0.1, 0.15) is 18.1 Å². The number of fused-ring (bicyclic) bond motifs is 5. The minimum absolute atomic E-state index is 0.0319. The number of phenols is 1. The first-order valence-corrected chi connectivity index (χ1v) is 13.4. The topological polar surface area (TPSA) is 125 Å². The van der Waals surface area contributed by atoms with Gasteiger partial charge in [-0.1, -0.05) is 27.7 Å². The molecule has 4 heterocycles. The molecule has 0 unspecified atom stereocenters. The predicted octanol–water partition coefficient (Wildman–Crippen LogP) is 4.29. The predicted molar refractivity (Wildman–Crippen MR) is 143 cm³/mol. The number of phenolic OH excluding ortho intramolecular Hbond substituents is 1. The molecule has 9 nitrogen and oxygen atoms in total. The molecule has 204 valence electrons. The maximum Gasteiger partial charge on any atom is 0.355 e. The van der Waals surface area contributed by atoms with E-state index in [0.717, 1.165) is 16.5 Å². The summed E-state index contributed by atoms with van der Waals surface area (Å²) in [5.41, 5.74) is 2.25. The van der Waals surface area contributed by atoms with Gasteiger partial charge in [0.2, 0.25) is 5.60 Å². The summed E-state index contributed by atoms with van der Waals surface area (Å²) in [6, 6.07) is 6.73. The van der Waals surface area contributed by atoms with Gasteiger partial charge in [-0.05, 0) is 49.1 Å². The van der Waals surface area contributed by atoms with E-state index < -0.39 is 17.5 Å². The Bertz CT molecular complexity index is 1590. The number of carbonyl (C=O) groups excluding carboxylic acids is 3. The van der Waals surface area contributed by atoms with E-state index in [9.17, 15) is 24.3 Å². The van der Waals surface area contributed by atoms with Crippen LogP contribution in [0.15, 0.2) is 29.1 Å². The maximum atomic E-state index is 13.8. The van der Waals surface area contributed by atoms with E-state index in [1.54, 1.807) is 35.8 Å². The molecule has 2 aliphatic rings. The zero-order valence-corrected chi connectivity index (χ0v) is 22.6. The van der Waals surface area contributed by atoms with Crippen LogP contribution >= 0.6 is 0 Å². The Morgan fingerprint density at radius 1 is 1.15 bits per heavy atom. The molecule has 1 atom stereocenters. The third-order valence-corrected chi connectivity index (χ3v) is 7.85. The van der Waals surface area contributed by atoms with Gasteiger partial charge in [0.05, 0.1) is 29.0 Å². The Morgan fingerprint density at radius 2 is 1.92 bits per heavy atom. The van der Waals surface area contributed by atoms with Crippen molar-refractivity contribution in [1.82, 2.24) is 9.55 Å². The van der Waals surface area contributed by atoms with Crippen LogP contribution in [-0.4, -0.2) is 32.4 Å². The average molecular weight is 533 g/mol. The molecule has 0 fully saturated rings. The third-order valence-electron chi connectivity index (χ3n) is 7.85. The second-order valence-corrected chi connectivity index (χ2v) is 10.5. The van der Waals surface area contributed by atoms with Gasteiger partial charge in [-0.2, -0.15) is 0 Å². The summed E-state index contributed by atoms with van der Waals surface area (Å²) in [7, 11) is 0. The Kier molecular flexibility index (Phi) is 6.78. The maximum absolute atomic E-state index is 13.8. The molecule has 1 N–H and O–H groups in total. The van der Waals surface area contributed by atoms with Crippen molar-refractivity contribution in [3.05, 3.63) is 56.9 Å². The lowest BCUT2D eigenvalue weighted by Crippen LogP contribution is -2.47. The van der Waals surface area contributed by atoms with Crippen LogP contribution in [0.5, 0.6) is 5.75 Å².